The maximum atomic E-state index is 11.7. The van der Waals surface area contributed by atoms with Gasteiger partial charge in [-0.25, -0.2) is 0 Å². The lowest BCUT2D eigenvalue weighted by Gasteiger charge is -2.62. The van der Waals surface area contributed by atoms with E-state index in [0.29, 0.717) is 35.7 Å². The van der Waals surface area contributed by atoms with Gasteiger partial charge in [0.25, 0.3) is 0 Å². The molecular formula is C30H52O5. The Morgan fingerprint density at radius 1 is 0.971 bits per heavy atom. The largest absolute Gasteiger partial charge is 0.469 e. The summed E-state index contributed by atoms with van der Waals surface area (Å²) >= 11 is 0. The molecule has 35 heavy (non-hydrogen) atoms. The fourth-order valence-electron chi connectivity index (χ4n) is 9.62. The molecule has 0 aromatic heterocycles. The standard InChI is InChI=1S/C30H52O5/c1-21(8-13-27(32)34-4)24-11-12-25-23-10-9-22-20-30(33,35-19-7-5-6-18-31)17-16-28(22,2)26(23)14-15-29(24,25)3/h21-26,31,33H,5-20H2,1-4H3/t21-,22?,23+,24-,25+,26+,28+,29-,30+/m1/s1. The number of ether oxygens (including phenoxy) is 2. The van der Waals surface area contributed by atoms with Crippen molar-refractivity contribution in [3.63, 3.8) is 0 Å². The minimum Gasteiger partial charge on any atom is -0.469 e. The van der Waals surface area contributed by atoms with Crippen LogP contribution in [0, 0.1) is 46.3 Å². The zero-order chi connectivity index (χ0) is 25.3. The second-order valence-corrected chi connectivity index (χ2v) is 13.3. The highest BCUT2D eigenvalue weighted by molar-refractivity contribution is 5.69. The summed E-state index contributed by atoms with van der Waals surface area (Å²) in [6.45, 7) is 8.34. The van der Waals surface area contributed by atoms with Gasteiger partial charge in [-0.1, -0.05) is 20.8 Å². The topological polar surface area (TPSA) is 76.0 Å². The molecule has 0 radical (unpaired) electrons. The first-order chi connectivity index (χ1) is 16.7. The van der Waals surface area contributed by atoms with Gasteiger partial charge < -0.3 is 19.7 Å². The molecule has 4 aliphatic rings. The van der Waals surface area contributed by atoms with Crippen LogP contribution in [0.3, 0.4) is 0 Å². The van der Waals surface area contributed by atoms with E-state index in [1.807, 2.05) is 0 Å². The number of esters is 1. The summed E-state index contributed by atoms with van der Waals surface area (Å²) in [5.41, 5.74) is 0.734. The molecule has 5 nitrogen and oxygen atoms in total. The van der Waals surface area contributed by atoms with E-state index >= 15 is 0 Å². The highest BCUT2D eigenvalue weighted by Crippen LogP contribution is 2.69. The van der Waals surface area contributed by atoms with Gasteiger partial charge in [-0.05, 0) is 117 Å². The SMILES string of the molecule is COC(=O)CC[C@@H](C)[C@H]1CC[C@H]2[C@@H]3CCC4C[C@@](O)(OCCCCCO)CC[C@]4(C)[C@H]3CC[C@]12C. The molecule has 4 aliphatic carbocycles. The Kier molecular flexibility index (Phi) is 8.60. The summed E-state index contributed by atoms with van der Waals surface area (Å²) in [6, 6.07) is 0. The van der Waals surface area contributed by atoms with Crippen LogP contribution >= 0.6 is 0 Å². The first-order valence-electron chi connectivity index (χ1n) is 14.7. The van der Waals surface area contributed by atoms with Crippen molar-refractivity contribution in [1.82, 2.24) is 0 Å². The number of hydrogen-bond acceptors (Lipinski definition) is 5. The molecule has 0 spiro atoms. The van der Waals surface area contributed by atoms with Gasteiger partial charge in [-0.3, -0.25) is 4.79 Å². The molecule has 0 amide bonds. The van der Waals surface area contributed by atoms with Gasteiger partial charge in [0.2, 0.25) is 0 Å². The summed E-state index contributed by atoms with van der Waals surface area (Å²) in [5, 5.41) is 20.2. The maximum Gasteiger partial charge on any atom is 0.305 e. The van der Waals surface area contributed by atoms with Crippen molar-refractivity contribution in [2.75, 3.05) is 20.3 Å². The van der Waals surface area contributed by atoms with Gasteiger partial charge >= 0.3 is 5.97 Å². The minimum atomic E-state index is -0.951. The van der Waals surface area contributed by atoms with Gasteiger partial charge in [-0.2, -0.15) is 0 Å². The Bertz CT molecular complexity index is 726. The number of rotatable bonds is 10. The van der Waals surface area contributed by atoms with Gasteiger partial charge in [0.15, 0.2) is 5.79 Å². The molecule has 4 rings (SSSR count). The maximum absolute atomic E-state index is 11.7. The summed E-state index contributed by atoms with van der Waals surface area (Å²) in [6.07, 6.45) is 14.7. The molecule has 0 aromatic rings. The molecule has 5 heteroatoms. The monoisotopic (exact) mass is 492 g/mol. The van der Waals surface area contributed by atoms with Crippen LogP contribution in [0.2, 0.25) is 0 Å². The molecule has 0 aliphatic heterocycles. The number of methoxy groups -OCH3 is 1. The molecule has 0 heterocycles. The Morgan fingerprint density at radius 2 is 1.74 bits per heavy atom. The van der Waals surface area contributed by atoms with Crippen molar-refractivity contribution >= 4 is 5.97 Å². The first kappa shape index (κ1) is 27.4. The summed E-state index contributed by atoms with van der Waals surface area (Å²) < 4.78 is 11.0. The predicted octanol–water partition coefficient (Wildman–Crippen LogP) is 6.10. The van der Waals surface area contributed by atoms with E-state index in [0.717, 1.165) is 68.6 Å². The Labute approximate surface area is 213 Å². The van der Waals surface area contributed by atoms with Crippen molar-refractivity contribution in [3.8, 4) is 0 Å². The fourth-order valence-corrected chi connectivity index (χ4v) is 9.62. The normalized spacial score (nSPS) is 43.7. The fraction of sp³-hybridized carbons (Fsp3) is 0.967. The Hall–Kier alpha value is -0.650. The molecule has 9 atom stereocenters. The molecule has 2 N–H and O–H groups in total. The van der Waals surface area contributed by atoms with E-state index in [4.69, 9.17) is 14.6 Å². The molecule has 4 saturated carbocycles. The van der Waals surface area contributed by atoms with Gasteiger partial charge in [0, 0.05) is 25.9 Å². The number of carbonyl (C=O) groups is 1. The van der Waals surface area contributed by atoms with E-state index in [2.05, 4.69) is 20.8 Å². The van der Waals surface area contributed by atoms with E-state index in [1.165, 1.54) is 45.6 Å². The van der Waals surface area contributed by atoms with Crippen LogP contribution in [0.1, 0.15) is 111 Å². The van der Waals surface area contributed by atoms with E-state index in [-0.39, 0.29) is 12.6 Å². The molecule has 0 aromatic carbocycles. The van der Waals surface area contributed by atoms with Crippen molar-refractivity contribution in [2.24, 2.45) is 46.3 Å². The molecule has 4 fully saturated rings. The third-order valence-electron chi connectivity index (χ3n) is 11.6. The van der Waals surface area contributed by atoms with Crippen LogP contribution < -0.4 is 0 Å². The van der Waals surface area contributed by atoms with E-state index in [1.54, 1.807) is 0 Å². The number of aliphatic hydroxyl groups excluding tert-OH is 1. The van der Waals surface area contributed by atoms with Crippen LogP contribution in [-0.2, 0) is 14.3 Å². The quantitative estimate of drug-likeness (QED) is 0.219. The highest BCUT2D eigenvalue weighted by Gasteiger charge is 2.61. The van der Waals surface area contributed by atoms with Gasteiger partial charge in [-0.15, -0.1) is 0 Å². The van der Waals surface area contributed by atoms with Crippen molar-refractivity contribution < 1.29 is 24.5 Å². The zero-order valence-electron chi connectivity index (χ0n) is 22.9. The summed E-state index contributed by atoms with van der Waals surface area (Å²) in [7, 11) is 1.50. The molecule has 202 valence electrons. The van der Waals surface area contributed by atoms with Crippen LogP contribution in [0.4, 0.5) is 0 Å². The van der Waals surface area contributed by atoms with Crippen LogP contribution in [0.25, 0.3) is 0 Å². The van der Waals surface area contributed by atoms with Gasteiger partial charge in [0.05, 0.1) is 13.7 Å². The third kappa shape index (κ3) is 5.34. The lowest BCUT2D eigenvalue weighted by Crippen LogP contribution is -2.56. The smallest absolute Gasteiger partial charge is 0.305 e. The summed E-state index contributed by atoms with van der Waals surface area (Å²) in [5.74, 6) is 3.24. The molecule has 0 bridgehead atoms. The Balaban J connectivity index is 1.38. The molecular weight excluding hydrogens is 440 g/mol. The number of aliphatic hydroxyl groups is 2. The minimum absolute atomic E-state index is 0.0714. The van der Waals surface area contributed by atoms with Crippen LogP contribution in [-0.4, -0.2) is 42.3 Å². The second-order valence-electron chi connectivity index (χ2n) is 13.3. The second kappa shape index (κ2) is 11.0. The van der Waals surface area contributed by atoms with E-state index < -0.39 is 5.79 Å². The Morgan fingerprint density at radius 3 is 2.49 bits per heavy atom. The number of fused-ring (bicyclic) bond motifs is 5. The number of unbranched alkanes of at least 4 members (excludes halogenated alkanes) is 2. The lowest BCUT2D eigenvalue weighted by molar-refractivity contribution is -0.260. The van der Waals surface area contributed by atoms with Crippen molar-refractivity contribution in [3.05, 3.63) is 0 Å². The molecule has 0 saturated heterocycles. The van der Waals surface area contributed by atoms with Crippen LogP contribution in [0.5, 0.6) is 0 Å². The number of hydrogen-bond donors (Lipinski definition) is 2. The average Bonchev–Trinajstić information content (AvgIpc) is 3.20. The number of carbonyl (C=O) groups excluding carboxylic acids is 1. The van der Waals surface area contributed by atoms with E-state index in [9.17, 15) is 9.90 Å². The van der Waals surface area contributed by atoms with Crippen molar-refractivity contribution in [1.29, 1.82) is 0 Å². The first-order valence-corrected chi connectivity index (χ1v) is 14.7. The zero-order valence-corrected chi connectivity index (χ0v) is 22.9. The lowest BCUT2D eigenvalue weighted by atomic mass is 9.44. The third-order valence-corrected chi connectivity index (χ3v) is 11.6. The highest BCUT2D eigenvalue weighted by atomic mass is 16.6. The predicted molar refractivity (Wildman–Crippen MR) is 137 cm³/mol. The van der Waals surface area contributed by atoms with Crippen molar-refractivity contribution in [2.45, 2.75) is 116 Å². The van der Waals surface area contributed by atoms with Gasteiger partial charge in [0.1, 0.15) is 0 Å². The van der Waals surface area contributed by atoms with Crippen LogP contribution in [0.15, 0.2) is 0 Å². The summed E-state index contributed by atoms with van der Waals surface area (Å²) in [4.78, 5) is 11.7. The average molecular weight is 493 g/mol. The molecule has 1 unspecified atom stereocenters.